The van der Waals surface area contributed by atoms with E-state index in [9.17, 15) is 0 Å². The van der Waals surface area contributed by atoms with Crippen LogP contribution in [0.2, 0.25) is 0 Å². The maximum atomic E-state index is 5.98. The van der Waals surface area contributed by atoms with Crippen LogP contribution in [0.15, 0.2) is 121 Å². The number of benzene rings is 4. The highest BCUT2D eigenvalue weighted by molar-refractivity contribution is 5.22. The van der Waals surface area contributed by atoms with Crippen molar-refractivity contribution in [3.63, 3.8) is 0 Å². The molecule has 6 heteroatoms. The largest absolute Gasteiger partial charge is 0.494 e. The van der Waals surface area contributed by atoms with Crippen LogP contribution in [0.1, 0.15) is 25.7 Å². The third kappa shape index (κ3) is 14.0. The zero-order chi connectivity index (χ0) is 30.3. The summed E-state index contributed by atoms with van der Waals surface area (Å²) in [5.41, 5.74) is 0. The molecule has 0 saturated heterocycles. The Morgan fingerprint density at radius 2 is 0.523 bits per heavy atom. The number of ether oxygens (including phenoxy) is 4. The SMILES string of the molecule is c1ccc(OCCCN(CCCOc2ccccc2)CCN(CCCOc2ccccc2)CCCOc2ccccc2)cc1. The summed E-state index contributed by atoms with van der Waals surface area (Å²) in [4.78, 5) is 5.10. The molecule has 0 heterocycles. The van der Waals surface area contributed by atoms with Crippen molar-refractivity contribution >= 4 is 0 Å². The highest BCUT2D eigenvalue weighted by atomic mass is 16.5. The minimum Gasteiger partial charge on any atom is -0.494 e. The monoisotopic (exact) mass is 596 g/mol. The Hall–Kier alpha value is -4.00. The maximum absolute atomic E-state index is 5.98. The second kappa shape index (κ2) is 20.8. The van der Waals surface area contributed by atoms with Crippen LogP contribution >= 0.6 is 0 Å². The standard InChI is InChI=1S/C38H48N2O4/c1-5-17-35(18-6-1)41-31-13-25-39(26-14-32-42-36-19-7-2-8-20-36)29-30-40(27-15-33-43-37-21-9-3-10-22-37)28-16-34-44-38-23-11-4-12-24-38/h1-12,17-24H,13-16,25-34H2. The highest BCUT2D eigenvalue weighted by Gasteiger charge is 2.11. The first kappa shape index (κ1) is 32.9. The Morgan fingerprint density at radius 3 is 0.750 bits per heavy atom. The van der Waals surface area contributed by atoms with Crippen LogP contribution in [0, 0.1) is 0 Å². The summed E-state index contributed by atoms with van der Waals surface area (Å²) in [7, 11) is 0. The number of para-hydroxylation sites is 4. The molecule has 0 spiro atoms. The Labute approximate surface area is 264 Å². The van der Waals surface area contributed by atoms with Gasteiger partial charge in [-0.2, -0.15) is 0 Å². The maximum Gasteiger partial charge on any atom is 0.119 e. The van der Waals surface area contributed by atoms with E-state index in [2.05, 4.69) is 9.80 Å². The van der Waals surface area contributed by atoms with E-state index in [0.29, 0.717) is 26.4 Å². The molecule has 0 aromatic heterocycles. The van der Waals surface area contributed by atoms with E-state index < -0.39 is 0 Å². The Morgan fingerprint density at radius 1 is 0.295 bits per heavy atom. The molecule has 0 unspecified atom stereocenters. The van der Waals surface area contributed by atoms with Crippen LogP contribution in [0.3, 0.4) is 0 Å². The fourth-order valence-corrected chi connectivity index (χ4v) is 4.93. The summed E-state index contributed by atoms with van der Waals surface area (Å²) in [6, 6.07) is 40.3. The molecule has 0 N–H and O–H groups in total. The zero-order valence-corrected chi connectivity index (χ0v) is 26.0. The summed E-state index contributed by atoms with van der Waals surface area (Å²) in [5, 5.41) is 0. The molecule has 0 radical (unpaired) electrons. The lowest BCUT2D eigenvalue weighted by Gasteiger charge is -2.28. The van der Waals surface area contributed by atoms with Crippen molar-refractivity contribution in [1.82, 2.24) is 9.80 Å². The van der Waals surface area contributed by atoms with Crippen molar-refractivity contribution in [2.24, 2.45) is 0 Å². The lowest BCUT2D eigenvalue weighted by molar-refractivity contribution is 0.166. The summed E-state index contributed by atoms with van der Waals surface area (Å²) in [6.45, 7) is 8.76. The molecule has 0 saturated carbocycles. The molecule has 0 aliphatic heterocycles. The van der Waals surface area contributed by atoms with Crippen molar-refractivity contribution in [2.45, 2.75) is 25.7 Å². The summed E-state index contributed by atoms with van der Waals surface area (Å²) < 4.78 is 23.9. The first-order valence-electron chi connectivity index (χ1n) is 16.0. The van der Waals surface area contributed by atoms with Crippen LogP contribution < -0.4 is 18.9 Å². The fraction of sp³-hybridized carbons (Fsp3) is 0.368. The van der Waals surface area contributed by atoms with Crippen molar-refractivity contribution in [2.75, 3.05) is 65.7 Å². The molecule has 4 rings (SSSR count). The molecule has 0 amide bonds. The summed E-state index contributed by atoms with van der Waals surface area (Å²) >= 11 is 0. The molecule has 4 aromatic carbocycles. The van der Waals surface area contributed by atoms with E-state index in [0.717, 1.165) is 87.9 Å². The van der Waals surface area contributed by atoms with E-state index in [1.807, 2.05) is 121 Å². The van der Waals surface area contributed by atoms with Gasteiger partial charge in [0.05, 0.1) is 26.4 Å². The van der Waals surface area contributed by atoms with Gasteiger partial charge in [0, 0.05) is 39.3 Å². The van der Waals surface area contributed by atoms with Gasteiger partial charge in [-0.05, 0) is 74.2 Å². The van der Waals surface area contributed by atoms with Crippen molar-refractivity contribution < 1.29 is 18.9 Å². The molecule has 234 valence electrons. The average Bonchev–Trinajstić information content (AvgIpc) is 3.08. The number of hydrogen-bond donors (Lipinski definition) is 0. The predicted molar refractivity (Wildman–Crippen MR) is 179 cm³/mol. The summed E-state index contributed by atoms with van der Waals surface area (Å²) in [5.74, 6) is 3.71. The van der Waals surface area contributed by atoms with Gasteiger partial charge >= 0.3 is 0 Å². The van der Waals surface area contributed by atoms with Gasteiger partial charge in [0.2, 0.25) is 0 Å². The minimum atomic E-state index is 0.707. The Kier molecular flexibility index (Phi) is 15.6. The first-order valence-corrected chi connectivity index (χ1v) is 16.0. The number of hydrogen-bond acceptors (Lipinski definition) is 6. The molecule has 44 heavy (non-hydrogen) atoms. The van der Waals surface area contributed by atoms with Crippen molar-refractivity contribution in [3.8, 4) is 23.0 Å². The van der Waals surface area contributed by atoms with E-state index in [4.69, 9.17) is 18.9 Å². The van der Waals surface area contributed by atoms with E-state index in [-0.39, 0.29) is 0 Å². The van der Waals surface area contributed by atoms with Crippen LogP contribution in [0.4, 0.5) is 0 Å². The Bertz CT molecular complexity index is 1030. The van der Waals surface area contributed by atoms with Crippen molar-refractivity contribution in [1.29, 1.82) is 0 Å². The molecular weight excluding hydrogens is 548 g/mol. The second-order valence-corrected chi connectivity index (χ2v) is 10.7. The predicted octanol–water partition coefficient (Wildman–Crippen LogP) is 7.47. The van der Waals surface area contributed by atoms with Gasteiger partial charge in [-0.15, -0.1) is 0 Å². The zero-order valence-electron chi connectivity index (χ0n) is 26.0. The van der Waals surface area contributed by atoms with Gasteiger partial charge < -0.3 is 28.7 Å². The lowest BCUT2D eigenvalue weighted by atomic mass is 10.3. The molecule has 6 nitrogen and oxygen atoms in total. The first-order chi connectivity index (χ1) is 21.8. The van der Waals surface area contributed by atoms with Gasteiger partial charge in [0.15, 0.2) is 0 Å². The van der Waals surface area contributed by atoms with Gasteiger partial charge in [-0.1, -0.05) is 72.8 Å². The quantitative estimate of drug-likeness (QED) is 0.0828. The van der Waals surface area contributed by atoms with Gasteiger partial charge in [0.1, 0.15) is 23.0 Å². The molecule has 0 atom stereocenters. The van der Waals surface area contributed by atoms with Crippen molar-refractivity contribution in [3.05, 3.63) is 121 Å². The molecule has 0 aliphatic rings. The average molecular weight is 597 g/mol. The third-order valence-corrected chi connectivity index (χ3v) is 7.25. The minimum absolute atomic E-state index is 0.707. The van der Waals surface area contributed by atoms with Crippen LogP contribution in [-0.2, 0) is 0 Å². The van der Waals surface area contributed by atoms with Gasteiger partial charge in [0.25, 0.3) is 0 Å². The fourth-order valence-electron chi connectivity index (χ4n) is 4.93. The molecule has 0 aliphatic carbocycles. The van der Waals surface area contributed by atoms with Crippen LogP contribution in [-0.4, -0.2) is 75.5 Å². The van der Waals surface area contributed by atoms with Gasteiger partial charge in [-0.25, -0.2) is 0 Å². The lowest BCUT2D eigenvalue weighted by Crippen LogP contribution is -2.38. The molecular formula is C38H48N2O4. The molecule has 0 bridgehead atoms. The second-order valence-electron chi connectivity index (χ2n) is 10.7. The number of nitrogens with zero attached hydrogens (tertiary/aromatic N) is 2. The van der Waals surface area contributed by atoms with Gasteiger partial charge in [-0.3, -0.25) is 0 Å². The van der Waals surface area contributed by atoms with Crippen LogP contribution in [0.25, 0.3) is 0 Å². The third-order valence-electron chi connectivity index (χ3n) is 7.25. The van der Waals surface area contributed by atoms with Crippen LogP contribution in [0.5, 0.6) is 23.0 Å². The smallest absolute Gasteiger partial charge is 0.119 e. The van der Waals surface area contributed by atoms with E-state index in [1.54, 1.807) is 0 Å². The van der Waals surface area contributed by atoms with E-state index >= 15 is 0 Å². The Balaban J connectivity index is 1.25. The summed E-state index contributed by atoms with van der Waals surface area (Å²) in [6.07, 6.45) is 3.91. The highest BCUT2D eigenvalue weighted by Crippen LogP contribution is 2.12. The number of rotatable bonds is 23. The molecule has 4 aromatic rings. The normalized spacial score (nSPS) is 11.0. The van der Waals surface area contributed by atoms with E-state index in [1.165, 1.54) is 0 Å². The topological polar surface area (TPSA) is 43.4 Å². The molecule has 0 fully saturated rings.